The van der Waals surface area contributed by atoms with E-state index in [9.17, 15) is 4.79 Å². The molecule has 7 heteroatoms. The van der Waals surface area contributed by atoms with Crippen LogP contribution in [0.1, 0.15) is 30.3 Å². The average Bonchev–Trinajstić information content (AvgIpc) is 2.95. The summed E-state index contributed by atoms with van der Waals surface area (Å²) >= 11 is 0. The SMILES string of the molecule is CCOc1cc(C(=O)NCC2(COC)CCOCC2)[nH]n1. The Hall–Kier alpha value is -1.60. The number of H-pyrrole nitrogens is 1. The zero-order valence-electron chi connectivity index (χ0n) is 12.6. The summed E-state index contributed by atoms with van der Waals surface area (Å²) in [5.74, 6) is 0.246. The molecule has 7 nitrogen and oxygen atoms in total. The van der Waals surface area contributed by atoms with Crippen LogP contribution >= 0.6 is 0 Å². The molecule has 1 fully saturated rings. The highest BCUT2D eigenvalue weighted by Crippen LogP contribution is 2.30. The molecule has 21 heavy (non-hydrogen) atoms. The quantitative estimate of drug-likeness (QED) is 0.783. The van der Waals surface area contributed by atoms with Gasteiger partial charge in [-0.15, -0.1) is 5.10 Å². The van der Waals surface area contributed by atoms with Gasteiger partial charge >= 0.3 is 0 Å². The van der Waals surface area contributed by atoms with Gasteiger partial charge in [0, 0.05) is 38.3 Å². The molecule has 2 N–H and O–H groups in total. The second-order valence-corrected chi connectivity index (χ2v) is 5.28. The van der Waals surface area contributed by atoms with Crippen LogP contribution in [0.15, 0.2) is 6.07 Å². The molecule has 0 spiro atoms. The first-order valence-corrected chi connectivity index (χ1v) is 7.22. The van der Waals surface area contributed by atoms with E-state index in [1.165, 1.54) is 0 Å². The third-order valence-corrected chi connectivity index (χ3v) is 3.72. The number of nitrogens with one attached hydrogen (secondary N) is 2. The van der Waals surface area contributed by atoms with Crippen LogP contribution in [-0.2, 0) is 9.47 Å². The van der Waals surface area contributed by atoms with E-state index in [1.54, 1.807) is 13.2 Å². The van der Waals surface area contributed by atoms with E-state index < -0.39 is 0 Å². The minimum Gasteiger partial charge on any atom is -0.477 e. The Kier molecular flexibility index (Phi) is 5.58. The van der Waals surface area contributed by atoms with Crippen molar-refractivity contribution in [1.29, 1.82) is 0 Å². The van der Waals surface area contributed by atoms with E-state index >= 15 is 0 Å². The zero-order valence-corrected chi connectivity index (χ0v) is 12.6. The highest BCUT2D eigenvalue weighted by atomic mass is 16.5. The van der Waals surface area contributed by atoms with Crippen LogP contribution in [-0.4, -0.2) is 56.2 Å². The standard InChI is InChI=1S/C14H23N3O4/c1-3-21-12-8-11(16-17-12)13(18)15-9-14(10-19-2)4-6-20-7-5-14/h8H,3-7,9-10H2,1-2H3,(H,15,18)(H,16,17). The normalized spacial score (nSPS) is 17.4. The highest BCUT2D eigenvalue weighted by molar-refractivity contribution is 5.92. The van der Waals surface area contributed by atoms with E-state index in [0.29, 0.717) is 44.5 Å². The molecule has 1 aromatic heterocycles. The van der Waals surface area contributed by atoms with Gasteiger partial charge in [-0.2, -0.15) is 0 Å². The fraction of sp³-hybridized carbons (Fsp3) is 0.714. The molecule has 1 aromatic rings. The summed E-state index contributed by atoms with van der Waals surface area (Å²) in [6.45, 7) is 4.97. The van der Waals surface area contributed by atoms with Crippen molar-refractivity contribution in [3.8, 4) is 5.88 Å². The summed E-state index contributed by atoms with van der Waals surface area (Å²) in [5.41, 5.74) is 0.351. The summed E-state index contributed by atoms with van der Waals surface area (Å²) in [4.78, 5) is 12.1. The first kappa shape index (κ1) is 15.8. The highest BCUT2D eigenvalue weighted by Gasteiger charge is 2.33. The molecule has 0 radical (unpaired) electrons. The molecule has 0 saturated carbocycles. The maximum absolute atomic E-state index is 12.1. The lowest BCUT2D eigenvalue weighted by molar-refractivity contribution is -0.0261. The van der Waals surface area contributed by atoms with Gasteiger partial charge in [0.05, 0.1) is 13.2 Å². The Labute approximate surface area is 124 Å². The molecule has 0 atom stereocenters. The number of carbonyl (C=O) groups is 1. The molecule has 1 aliphatic heterocycles. The van der Waals surface area contributed by atoms with Gasteiger partial charge in [0.15, 0.2) is 0 Å². The Balaban J connectivity index is 1.91. The monoisotopic (exact) mass is 297 g/mol. The molecule has 0 bridgehead atoms. The first-order chi connectivity index (χ1) is 10.2. The van der Waals surface area contributed by atoms with Crippen LogP contribution < -0.4 is 10.1 Å². The van der Waals surface area contributed by atoms with Crippen molar-refractivity contribution in [3.63, 3.8) is 0 Å². The summed E-state index contributed by atoms with van der Waals surface area (Å²) in [6.07, 6.45) is 1.77. The zero-order chi connectivity index (χ0) is 15.1. The lowest BCUT2D eigenvalue weighted by Gasteiger charge is -2.36. The fourth-order valence-corrected chi connectivity index (χ4v) is 2.49. The van der Waals surface area contributed by atoms with Gasteiger partial charge < -0.3 is 19.5 Å². The third kappa shape index (κ3) is 4.18. The Morgan fingerprint density at radius 2 is 2.29 bits per heavy atom. The van der Waals surface area contributed by atoms with Crippen molar-refractivity contribution in [2.45, 2.75) is 19.8 Å². The Morgan fingerprint density at radius 1 is 1.52 bits per heavy atom. The maximum atomic E-state index is 12.1. The second-order valence-electron chi connectivity index (χ2n) is 5.28. The number of hydrogen-bond acceptors (Lipinski definition) is 5. The van der Waals surface area contributed by atoms with Crippen molar-refractivity contribution in [1.82, 2.24) is 15.5 Å². The number of methoxy groups -OCH3 is 1. The summed E-state index contributed by atoms with van der Waals surface area (Å²) in [7, 11) is 1.68. The Bertz CT molecular complexity index is 449. The molecule has 0 unspecified atom stereocenters. The summed E-state index contributed by atoms with van der Waals surface area (Å²) in [5, 5.41) is 9.55. The number of aromatic nitrogens is 2. The predicted octanol–water partition coefficient (Wildman–Crippen LogP) is 0.981. The van der Waals surface area contributed by atoms with Gasteiger partial charge in [0.2, 0.25) is 5.88 Å². The fourth-order valence-electron chi connectivity index (χ4n) is 2.49. The van der Waals surface area contributed by atoms with Crippen LogP contribution in [0.3, 0.4) is 0 Å². The largest absolute Gasteiger partial charge is 0.477 e. The van der Waals surface area contributed by atoms with E-state index in [4.69, 9.17) is 14.2 Å². The summed E-state index contributed by atoms with van der Waals surface area (Å²) in [6, 6.07) is 1.60. The van der Waals surface area contributed by atoms with Gasteiger partial charge in [-0.3, -0.25) is 9.89 Å². The topological polar surface area (TPSA) is 85.5 Å². The second kappa shape index (κ2) is 7.42. The molecule has 1 saturated heterocycles. The molecule has 2 rings (SSSR count). The molecule has 1 amide bonds. The molecule has 0 aliphatic carbocycles. The Morgan fingerprint density at radius 3 is 2.95 bits per heavy atom. The summed E-state index contributed by atoms with van der Waals surface area (Å²) < 4.78 is 15.9. The van der Waals surface area contributed by atoms with E-state index in [0.717, 1.165) is 12.8 Å². The number of carbonyl (C=O) groups excluding carboxylic acids is 1. The maximum Gasteiger partial charge on any atom is 0.269 e. The van der Waals surface area contributed by atoms with Crippen molar-refractivity contribution < 1.29 is 19.0 Å². The molecule has 0 aromatic carbocycles. The molecular weight excluding hydrogens is 274 g/mol. The number of aromatic amines is 1. The minimum absolute atomic E-state index is 0.0502. The number of rotatable bonds is 7. The van der Waals surface area contributed by atoms with E-state index in [1.807, 2.05) is 6.92 Å². The predicted molar refractivity (Wildman–Crippen MR) is 76.5 cm³/mol. The van der Waals surface area contributed by atoms with Crippen LogP contribution in [0, 0.1) is 5.41 Å². The molecule has 2 heterocycles. The number of ether oxygens (including phenoxy) is 3. The van der Waals surface area contributed by atoms with Crippen LogP contribution in [0.4, 0.5) is 0 Å². The van der Waals surface area contributed by atoms with Crippen molar-refractivity contribution in [2.75, 3.05) is 40.1 Å². The number of hydrogen-bond donors (Lipinski definition) is 2. The van der Waals surface area contributed by atoms with Gasteiger partial charge in [-0.1, -0.05) is 0 Å². The lowest BCUT2D eigenvalue weighted by atomic mass is 9.81. The number of nitrogens with zero attached hydrogens (tertiary/aromatic N) is 1. The lowest BCUT2D eigenvalue weighted by Crippen LogP contribution is -2.44. The van der Waals surface area contributed by atoms with Crippen molar-refractivity contribution in [2.24, 2.45) is 5.41 Å². The van der Waals surface area contributed by atoms with E-state index in [2.05, 4.69) is 15.5 Å². The minimum atomic E-state index is -0.185. The molecule has 118 valence electrons. The average molecular weight is 297 g/mol. The number of amides is 1. The van der Waals surface area contributed by atoms with Gasteiger partial charge in [0.1, 0.15) is 5.69 Å². The van der Waals surface area contributed by atoms with Gasteiger partial charge in [0.25, 0.3) is 5.91 Å². The van der Waals surface area contributed by atoms with Crippen molar-refractivity contribution >= 4 is 5.91 Å². The van der Waals surface area contributed by atoms with Crippen LogP contribution in [0.5, 0.6) is 5.88 Å². The first-order valence-electron chi connectivity index (χ1n) is 7.22. The van der Waals surface area contributed by atoms with Crippen LogP contribution in [0.2, 0.25) is 0 Å². The smallest absolute Gasteiger partial charge is 0.269 e. The molecule has 1 aliphatic rings. The third-order valence-electron chi connectivity index (χ3n) is 3.72. The molecular formula is C14H23N3O4. The van der Waals surface area contributed by atoms with Crippen molar-refractivity contribution in [3.05, 3.63) is 11.8 Å². The van der Waals surface area contributed by atoms with Gasteiger partial charge in [-0.05, 0) is 19.8 Å². The van der Waals surface area contributed by atoms with Crippen LogP contribution in [0.25, 0.3) is 0 Å². The van der Waals surface area contributed by atoms with E-state index in [-0.39, 0.29) is 11.3 Å². The van der Waals surface area contributed by atoms with Gasteiger partial charge in [-0.25, -0.2) is 0 Å².